The molecule has 0 atom stereocenters. The number of H-pyrrole nitrogens is 2. The molecule has 0 spiro atoms. The second-order valence-electron chi connectivity index (χ2n) is 8.21. The van der Waals surface area contributed by atoms with Crippen LogP contribution in [0.4, 0.5) is 5.69 Å². The predicted octanol–water partition coefficient (Wildman–Crippen LogP) is 4.05. The Morgan fingerprint density at radius 2 is 1.71 bits per heavy atom. The van der Waals surface area contributed by atoms with Crippen molar-refractivity contribution in [3.63, 3.8) is 0 Å². The first-order chi connectivity index (χ1) is 16.5. The maximum Gasteiger partial charge on any atom is 0.255 e. The van der Waals surface area contributed by atoms with Crippen LogP contribution < -0.4 is 5.32 Å². The third-order valence-corrected chi connectivity index (χ3v) is 6.70. The van der Waals surface area contributed by atoms with Crippen LogP contribution in [0.2, 0.25) is 0 Å². The summed E-state index contributed by atoms with van der Waals surface area (Å²) < 4.78 is 0.764. The molecule has 0 bridgehead atoms. The molecular formula is C24H18BrN7O2. The van der Waals surface area contributed by atoms with Crippen molar-refractivity contribution in [3.05, 3.63) is 81.5 Å². The Morgan fingerprint density at radius 3 is 2.62 bits per heavy atom. The molecule has 3 heterocycles. The number of fused-ring (bicyclic) bond motifs is 3. The van der Waals surface area contributed by atoms with E-state index in [1.165, 1.54) is 0 Å². The lowest BCUT2D eigenvalue weighted by Crippen LogP contribution is -2.36. The van der Waals surface area contributed by atoms with Crippen molar-refractivity contribution in [3.8, 4) is 0 Å². The summed E-state index contributed by atoms with van der Waals surface area (Å²) in [5.74, 6) is -0.272. The Labute approximate surface area is 201 Å². The van der Waals surface area contributed by atoms with E-state index >= 15 is 0 Å². The van der Waals surface area contributed by atoms with Crippen molar-refractivity contribution in [1.82, 2.24) is 30.5 Å². The van der Waals surface area contributed by atoms with Crippen LogP contribution in [-0.2, 0) is 13.0 Å². The van der Waals surface area contributed by atoms with Gasteiger partial charge in [0.1, 0.15) is 15.6 Å². The van der Waals surface area contributed by atoms with E-state index in [-0.39, 0.29) is 11.8 Å². The van der Waals surface area contributed by atoms with Crippen molar-refractivity contribution in [1.29, 1.82) is 0 Å². The molecule has 168 valence electrons. The van der Waals surface area contributed by atoms with Crippen LogP contribution in [0.15, 0.2) is 59.2 Å². The Balaban J connectivity index is 1.21. The van der Waals surface area contributed by atoms with E-state index in [4.69, 9.17) is 0 Å². The summed E-state index contributed by atoms with van der Waals surface area (Å²) in [5, 5.41) is 21.6. The molecule has 2 amide bonds. The van der Waals surface area contributed by atoms with Crippen LogP contribution in [0, 0.1) is 0 Å². The molecule has 0 aliphatic carbocycles. The first-order valence-electron chi connectivity index (χ1n) is 10.7. The first-order valence-corrected chi connectivity index (χ1v) is 11.5. The molecule has 0 saturated carbocycles. The zero-order chi connectivity index (χ0) is 23.2. The normalized spacial score (nSPS) is 13.3. The highest BCUT2D eigenvalue weighted by Crippen LogP contribution is 2.26. The van der Waals surface area contributed by atoms with Gasteiger partial charge in [-0.1, -0.05) is 6.07 Å². The number of carbonyl (C=O) groups excluding carboxylic acids is 2. The quantitative estimate of drug-likeness (QED) is 0.334. The molecule has 5 aromatic rings. The number of nitrogens with one attached hydrogen (secondary N) is 3. The number of rotatable bonds is 3. The van der Waals surface area contributed by atoms with Gasteiger partial charge in [-0.2, -0.15) is 20.5 Å². The van der Waals surface area contributed by atoms with Gasteiger partial charge in [0, 0.05) is 35.3 Å². The minimum atomic E-state index is -0.207. The van der Waals surface area contributed by atoms with Gasteiger partial charge in [0.05, 0.1) is 5.52 Å². The Kier molecular flexibility index (Phi) is 4.88. The summed E-state index contributed by atoms with van der Waals surface area (Å²) in [6.45, 7) is 1.06. The standard InChI is InChI=1S/C24H18BrN7O2/c25-22-18-11-17(4-6-19(18)27-30-22)26-23(33)14-2-1-13-7-8-32(12-16(13)9-14)24(34)15-3-5-20-21(10-15)29-31-28-20/h1-6,9-11H,7-8,12H2,(H,26,33)(H,27,30)(H,28,29,31). The fraction of sp³-hybridized carbons (Fsp3) is 0.125. The number of nitrogens with zero attached hydrogens (tertiary/aromatic N) is 4. The number of benzene rings is 3. The van der Waals surface area contributed by atoms with E-state index in [1.54, 1.807) is 23.1 Å². The lowest BCUT2D eigenvalue weighted by Gasteiger charge is -2.29. The Morgan fingerprint density at radius 1 is 0.882 bits per heavy atom. The van der Waals surface area contributed by atoms with Crippen LogP contribution in [0.3, 0.4) is 0 Å². The van der Waals surface area contributed by atoms with Crippen molar-refractivity contribution in [2.45, 2.75) is 13.0 Å². The molecule has 1 aliphatic rings. The first kappa shape index (κ1) is 20.5. The van der Waals surface area contributed by atoms with E-state index in [1.807, 2.05) is 36.4 Å². The predicted molar refractivity (Wildman–Crippen MR) is 131 cm³/mol. The number of hydrogen-bond acceptors (Lipinski definition) is 5. The topological polar surface area (TPSA) is 120 Å². The van der Waals surface area contributed by atoms with Crippen molar-refractivity contribution in [2.75, 3.05) is 11.9 Å². The molecule has 2 aromatic heterocycles. The van der Waals surface area contributed by atoms with Crippen molar-refractivity contribution in [2.24, 2.45) is 0 Å². The van der Waals surface area contributed by atoms with Crippen LogP contribution in [0.5, 0.6) is 0 Å². The molecule has 9 nitrogen and oxygen atoms in total. The van der Waals surface area contributed by atoms with E-state index < -0.39 is 0 Å². The summed E-state index contributed by atoms with van der Waals surface area (Å²) >= 11 is 3.43. The largest absolute Gasteiger partial charge is 0.334 e. The molecule has 0 unspecified atom stereocenters. The van der Waals surface area contributed by atoms with Crippen LogP contribution in [0.1, 0.15) is 31.8 Å². The van der Waals surface area contributed by atoms with E-state index in [2.05, 4.69) is 46.9 Å². The zero-order valence-electron chi connectivity index (χ0n) is 17.8. The third-order valence-electron chi connectivity index (χ3n) is 6.10. The highest BCUT2D eigenvalue weighted by Gasteiger charge is 2.23. The van der Waals surface area contributed by atoms with Gasteiger partial charge >= 0.3 is 0 Å². The average Bonchev–Trinajstić information content (AvgIpc) is 3.49. The molecule has 10 heteroatoms. The number of aromatic amines is 2. The number of carbonyl (C=O) groups is 2. The molecular weight excluding hydrogens is 498 g/mol. The van der Waals surface area contributed by atoms with Gasteiger partial charge < -0.3 is 10.2 Å². The fourth-order valence-corrected chi connectivity index (χ4v) is 4.69. The molecule has 34 heavy (non-hydrogen) atoms. The van der Waals surface area contributed by atoms with E-state index in [9.17, 15) is 9.59 Å². The Hall–Kier alpha value is -4.05. The summed E-state index contributed by atoms with van der Waals surface area (Å²) in [4.78, 5) is 27.9. The zero-order valence-corrected chi connectivity index (χ0v) is 19.4. The van der Waals surface area contributed by atoms with Crippen LogP contribution >= 0.6 is 15.9 Å². The average molecular weight is 516 g/mol. The molecule has 3 aromatic carbocycles. The molecule has 6 rings (SSSR count). The summed E-state index contributed by atoms with van der Waals surface area (Å²) in [6.07, 6.45) is 0.736. The fourth-order valence-electron chi connectivity index (χ4n) is 4.29. The number of anilines is 1. The van der Waals surface area contributed by atoms with Gasteiger partial charge in [-0.25, -0.2) is 0 Å². The lowest BCUT2D eigenvalue weighted by atomic mass is 9.96. The molecule has 0 fully saturated rings. The van der Waals surface area contributed by atoms with E-state index in [0.29, 0.717) is 35.4 Å². The second-order valence-corrected chi connectivity index (χ2v) is 9.00. The van der Waals surface area contributed by atoms with Crippen LogP contribution in [-0.4, -0.2) is 48.9 Å². The number of hydrogen-bond donors (Lipinski definition) is 3. The SMILES string of the molecule is O=C(Nc1ccc2n[nH]c(Br)c2c1)c1ccc2c(c1)CN(C(=O)c1ccc3n[nH]nc3c1)CC2. The summed E-state index contributed by atoms with van der Waals surface area (Å²) in [7, 11) is 0. The minimum Gasteiger partial charge on any atom is -0.334 e. The Bertz CT molecular complexity index is 1590. The maximum atomic E-state index is 13.1. The minimum absolute atomic E-state index is 0.0654. The van der Waals surface area contributed by atoms with Gasteiger partial charge in [0.2, 0.25) is 0 Å². The number of aromatic nitrogens is 5. The highest BCUT2D eigenvalue weighted by atomic mass is 79.9. The van der Waals surface area contributed by atoms with Gasteiger partial charge in [0.15, 0.2) is 0 Å². The van der Waals surface area contributed by atoms with Gasteiger partial charge in [-0.05, 0) is 82.0 Å². The van der Waals surface area contributed by atoms with Crippen molar-refractivity contribution < 1.29 is 9.59 Å². The molecule has 1 aliphatic heterocycles. The molecule has 0 saturated heterocycles. The molecule has 0 radical (unpaired) electrons. The number of amides is 2. The lowest BCUT2D eigenvalue weighted by molar-refractivity contribution is 0.0735. The van der Waals surface area contributed by atoms with Crippen molar-refractivity contribution >= 4 is 55.4 Å². The summed E-state index contributed by atoms with van der Waals surface area (Å²) in [6, 6.07) is 16.5. The second kappa shape index (κ2) is 8.07. The van der Waals surface area contributed by atoms with Gasteiger partial charge in [0.25, 0.3) is 11.8 Å². The van der Waals surface area contributed by atoms with E-state index in [0.717, 1.165) is 38.6 Å². The third kappa shape index (κ3) is 3.61. The highest BCUT2D eigenvalue weighted by molar-refractivity contribution is 9.10. The van der Waals surface area contributed by atoms with Gasteiger partial charge in [-0.3, -0.25) is 14.7 Å². The number of halogens is 1. The maximum absolute atomic E-state index is 13.1. The summed E-state index contributed by atoms with van der Waals surface area (Å²) in [5.41, 5.74) is 6.10. The van der Waals surface area contributed by atoms with Crippen LogP contribution in [0.25, 0.3) is 21.9 Å². The smallest absolute Gasteiger partial charge is 0.255 e. The molecule has 3 N–H and O–H groups in total. The monoisotopic (exact) mass is 515 g/mol. The van der Waals surface area contributed by atoms with Gasteiger partial charge in [-0.15, -0.1) is 0 Å².